The van der Waals surface area contributed by atoms with E-state index in [0.29, 0.717) is 11.6 Å². The van der Waals surface area contributed by atoms with Crippen LogP contribution in [0.1, 0.15) is 29.0 Å². The zero-order valence-corrected chi connectivity index (χ0v) is 13.8. The molecule has 0 bridgehead atoms. The number of rotatable bonds is 3. The number of piperidine rings is 1. The third-order valence-corrected chi connectivity index (χ3v) is 4.81. The summed E-state index contributed by atoms with van der Waals surface area (Å²) < 4.78 is 3.88. The van der Waals surface area contributed by atoms with E-state index in [-0.39, 0.29) is 5.91 Å². The van der Waals surface area contributed by atoms with Gasteiger partial charge in [-0.1, -0.05) is 6.07 Å². The first-order chi connectivity index (χ1) is 11.7. The molecule has 0 atom stereocenters. The van der Waals surface area contributed by atoms with Crippen LogP contribution in [0.2, 0.25) is 0 Å². The van der Waals surface area contributed by atoms with Gasteiger partial charge in [0.05, 0.1) is 5.69 Å². The van der Waals surface area contributed by atoms with Crippen LogP contribution in [0, 0.1) is 12.8 Å². The lowest BCUT2D eigenvalue weighted by Gasteiger charge is -2.32. The van der Waals surface area contributed by atoms with Gasteiger partial charge in [0.2, 0.25) is 0 Å². The first-order valence-corrected chi connectivity index (χ1v) is 8.43. The van der Waals surface area contributed by atoms with Crippen LogP contribution >= 0.6 is 0 Å². The van der Waals surface area contributed by atoms with Gasteiger partial charge in [-0.25, -0.2) is 4.98 Å². The largest absolute Gasteiger partial charge is 0.337 e. The maximum atomic E-state index is 13.0. The predicted octanol–water partition coefficient (Wildman–Crippen LogP) is 2.39. The van der Waals surface area contributed by atoms with Gasteiger partial charge in [0.15, 0.2) is 0 Å². The lowest BCUT2D eigenvalue weighted by Crippen LogP contribution is -2.40. The van der Waals surface area contributed by atoms with Crippen LogP contribution in [-0.2, 0) is 6.54 Å². The number of carbonyl (C=O) groups is 1. The summed E-state index contributed by atoms with van der Waals surface area (Å²) in [7, 11) is 0. The summed E-state index contributed by atoms with van der Waals surface area (Å²) in [6.07, 6.45) is 7.75. The van der Waals surface area contributed by atoms with Crippen molar-refractivity contribution in [3.05, 3.63) is 54.2 Å². The maximum absolute atomic E-state index is 13.0. The first kappa shape index (κ1) is 14.9. The highest BCUT2D eigenvalue weighted by atomic mass is 16.2. The van der Waals surface area contributed by atoms with E-state index in [0.717, 1.165) is 43.8 Å². The summed E-state index contributed by atoms with van der Waals surface area (Å²) in [6.45, 7) is 4.43. The molecule has 0 aliphatic carbocycles. The molecule has 0 radical (unpaired) electrons. The Labute approximate surface area is 140 Å². The molecule has 0 spiro atoms. The third-order valence-electron chi connectivity index (χ3n) is 4.81. The van der Waals surface area contributed by atoms with Crippen LogP contribution in [0.4, 0.5) is 0 Å². The van der Waals surface area contributed by atoms with Crippen molar-refractivity contribution in [2.75, 3.05) is 13.1 Å². The molecule has 0 saturated carbocycles. The van der Waals surface area contributed by atoms with E-state index in [9.17, 15) is 4.79 Å². The predicted molar refractivity (Wildman–Crippen MR) is 90.8 cm³/mol. The Morgan fingerprint density at radius 1 is 1.21 bits per heavy atom. The zero-order chi connectivity index (χ0) is 16.5. The van der Waals surface area contributed by atoms with Crippen molar-refractivity contribution in [1.29, 1.82) is 0 Å². The number of likely N-dealkylation sites (tertiary alicyclic amines) is 1. The fourth-order valence-electron chi connectivity index (χ4n) is 3.51. The molecule has 3 aromatic rings. The monoisotopic (exact) mass is 323 g/mol. The molecule has 1 fully saturated rings. The van der Waals surface area contributed by atoms with Crippen LogP contribution in [0.5, 0.6) is 0 Å². The highest BCUT2D eigenvalue weighted by Crippen LogP contribution is 2.22. The number of carbonyl (C=O) groups excluding carboxylic acids is 1. The summed E-state index contributed by atoms with van der Waals surface area (Å²) in [5.74, 6) is 0.668. The van der Waals surface area contributed by atoms with Crippen molar-refractivity contribution >= 4 is 11.6 Å². The number of fused-ring (bicyclic) bond motifs is 1. The topological polar surface area (TPSA) is 55.4 Å². The van der Waals surface area contributed by atoms with Gasteiger partial charge in [-0.3, -0.25) is 13.9 Å². The average Bonchev–Trinajstić information content (AvgIpc) is 3.21. The van der Waals surface area contributed by atoms with Gasteiger partial charge in [-0.2, -0.15) is 5.10 Å². The highest BCUT2D eigenvalue weighted by Gasteiger charge is 2.27. The summed E-state index contributed by atoms with van der Waals surface area (Å²) in [5.41, 5.74) is 2.31. The van der Waals surface area contributed by atoms with Gasteiger partial charge in [-0.05, 0) is 43.9 Å². The summed E-state index contributed by atoms with van der Waals surface area (Å²) in [5, 5.41) is 4.28. The number of imidazole rings is 1. The van der Waals surface area contributed by atoms with E-state index in [1.807, 2.05) is 63.8 Å². The zero-order valence-electron chi connectivity index (χ0n) is 13.8. The van der Waals surface area contributed by atoms with Gasteiger partial charge in [0.1, 0.15) is 11.3 Å². The summed E-state index contributed by atoms with van der Waals surface area (Å²) in [4.78, 5) is 19.4. The molecule has 1 aliphatic heterocycles. The van der Waals surface area contributed by atoms with Crippen molar-refractivity contribution in [3.8, 4) is 0 Å². The molecule has 4 heterocycles. The molecule has 1 aliphatic rings. The number of amides is 1. The number of nitrogens with zero attached hydrogens (tertiary/aromatic N) is 5. The van der Waals surface area contributed by atoms with Crippen LogP contribution in [-0.4, -0.2) is 43.1 Å². The van der Waals surface area contributed by atoms with E-state index >= 15 is 0 Å². The second kappa shape index (κ2) is 6.11. The van der Waals surface area contributed by atoms with Gasteiger partial charge in [0.25, 0.3) is 5.91 Å². The Morgan fingerprint density at radius 3 is 2.79 bits per heavy atom. The van der Waals surface area contributed by atoms with Crippen molar-refractivity contribution in [2.24, 2.45) is 5.92 Å². The molecule has 4 rings (SSSR count). The van der Waals surface area contributed by atoms with E-state index in [2.05, 4.69) is 10.1 Å². The molecule has 24 heavy (non-hydrogen) atoms. The van der Waals surface area contributed by atoms with Crippen molar-refractivity contribution < 1.29 is 4.79 Å². The standard InChI is InChI=1S/C18H21N5O/c1-14-17(23-10-3-2-5-16(23)20-14)18(24)21-11-6-15(7-12-21)13-22-9-4-8-19-22/h2-5,8-10,15H,6-7,11-13H2,1H3. The van der Waals surface area contributed by atoms with E-state index in [4.69, 9.17) is 0 Å². The Kier molecular flexibility index (Phi) is 3.80. The van der Waals surface area contributed by atoms with Crippen molar-refractivity contribution in [2.45, 2.75) is 26.3 Å². The van der Waals surface area contributed by atoms with Crippen LogP contribution in [0.3, 0.4) is 0 Å². The Balaban J connectivity index is 1.47. The Morgan fingerprint density at radius 2 is 2.04 bits per heavy atom. The molecule has 3 aromatic heterocycles. The number of hydrogen-bond acceptors (Lipinski definition) is 3. The van der Waals surface area contributed by atoms with Crippen LogP contribution < -0.4 is 0 Å². The Bertz CT molecular complexity index is 844. The molecule has 6 heteroatoms. The second-order valence-corrected chi connectivity index (χ2v) is 6.44. The fourth-order valence-corrected chi connectivity index (χ4v) is 3.51. The molecule has 0 aromatic carbocycles. The maximum Gasteiger partial charge on any atom is 0.272 e. The lowest BCUT2D eigenvalue weighted by molar-refractivity contribution is 0.0673. The van der Waals surface area contributed by atoms with E-state index in [1.165, 1.54) is 0 Å². The molecular formula is C18H21N5O. The normalized spacial score (nSPS) is 16.0. The first-order valence-electron chi connectivity index (χ1n) is 8.43. The number of hydrogen-bond donors (Lipinski definition) is 0. The highest BCUT2D eigenvalue weighted by molar-refractivity contribution is 5.94. The Hall–Kier alpha value is -2.63. The van der Waals surface area contributed by atoms with Gasteiger partial charge >= 0.3 is 0 Å². The molecule has 1 amide bonds. The number of aromatic nitrogens is 4. The minimum absolute atomic E-state index is 0.0868. The third kappa shape index (κ3) is 2.68. The van der Waals surface area contributed by atoms with E-state index in [1.54, 1.807) is 0 Å². The molecule has 0 N–H and O–H groups in total. The molecule has 0 unspecified atom stereocenters. The molecule has 1 saturated heterocycles. The quantitative estimate of drug-likeness (QED) is 0.744. The lowest BCUT2D eigenvalue weighted by atomic mass is 9.96. The van der Waals surface area contributed by atoms with Crippen LogP contribution in [0.25, 0.3) is 5.65 Å². The molecule has 124 valence electrons. The second-order valence-electron chi connectivity index (χ2n) is 6.44. The van der Waals surface area contributed by atoms with Gasteiger partial charge < -0.3 is 4.90 Å². The SMILES string of the molecule is Cc1nc2ccccn2c1C(=O)N1CCC(Cn2cccn2)CC1. The van der Waals surface area contributed by atoms with E-state index < -0.39 is 0 Å². The van der Waals surface area contributed by atoms with Crippen LogP contribution in [0.15, 0.2) is 42.9 Å². The summed E-state index contributed by atoms with van der Waals surface area (Å²) in [6, 6.07) is 7.75. The minimum Gasteiger partial charge on any atom is -0.337 e. The van der Waals surface area contributed by atoms with Gasteiger partial charge in [0, 0.05) is 38.2 Å². The van der Waals surface area contributed by atoms with Crippen molar-refractivity contribution in [1.82, 2.24) is 24.1 Å². The average molecular weight is 323 g/mol. The van der Waals surface area contributed by atoms with Gasteiger partial charge in [-0.15, -0.1) is 0 Å². The molecular weight excluding hydrogens is 302 g/mol. The summed E-state index contributed by atoms with van der Waals surface area (Å²) >= 11 is 0. The number of pyridine rings is 1. The molecule has 6 nitrogen and oxygen atoms in total. The van der Waals surface area contributed by atoms with Crippen molar-refractivity contribution in [3.63, 3.8) is 0 Å². The minimum atomic E-state index is 0.0868. The fraction of sp³-hybridized carbons (Fsp3) is 0.389. The smallest absolute Gasteiger partial charge is 0.272 e. The number of aryl methyl sites for hydroxylation is 1.